The van der Waals surface area contributed by atoms with Gasteiger partial charge in [-0.25, -0.2) is 17.2 Å². The van der Waals surface area contributed by atoms with Gasteiger partial charge >= 0.3 is 5.97 Å². The van der Waals surface area contributed by atoms with Crippen LogP contribution < -0.4 is 4.74 Å². The van der Waals surface area contributed by atoms with Crippen molar-refractivity contribution in [3.05, 3.63) is 60.2 Å². The van der Waals surface area contributed by atoms with E-state index in [2.05, 4.69) is 0 Å². The quantitative estimate of drug-likeness (QED) is 0.350. The third-order valence-corrected chi connectivity index (χ3v) is 9.15. The summed E-state index contributed by atoms with van der Waals surface area (Å²) in [6.45, 7) is 2.55. The zero-order chi connectivity index (χ0) is 29.8. The lowest BCUT2D eigenvalue weighted by Gasteiger charge is -2.30. The van der Waals surface area contributed by atoms with Crippen molar-refractivity contribution in [2.45, 2.75) is 56.0 Å². The molecule has 2 heterocycles. The smallest absolute Gasteiger partial charge is 0.306 e. The number of rotatable bonds is 13. The molecule has 2 aromatic rings. The summed E-state index contributed by atoms with van der Waals surface area (Å²) in [5, 5.41) is 11.4. The maximum Gasteiger partial charge on any atom is 0.306 e. The molecule has 9 nitrogen and oxygen atoms in total. The Morgan fingerprint density at radius 1 is 1.10 bits per heavy atom. The molecule has 12 heteroatoms. The van der Waals surface area contributed by atoms with Gasteiger partial charge < -0.3 is 24.1 Å². The van der Waals surface area contributed by atoms with Gasteiger partial charge in [0.1, 0.15) is 24.4 Å². The van der Waals surface area contributed by atoms with Gasteiger partial charge in [-0.3, -0.25) is 4.79 Å². The minimum atomic E-state index is -4.00. The average molecular weight is 598 g/mol. The number of hydrogen-bond donors (Lipinski definition) is 1. The molecule has 5 atom stereocenters. The number of esters is 1. The molecule has 41 heavy (non-hydrogen) atoms. The molecule has 1 N–H and O–H groups in total. The standard InChI is InChI=1S/C29H37F2NO8S/c1-19(2)15-32(41(35,36)23-11-9-22(37-3)10-12-23)16-24(33)21(13-20-7-5-4-6-8-20)14-26(34)40-25-17-38-28-27(25)29(30,31)18-39-28/h4-12,19,21,24-25,27-28,33H,13-18H2,1-3H3/t21-,24-,25?,27+,28+/m1/s1. The predicted octanol–water partition coefficient (Wildman–Crippen LogP) is 3.50. The van der Waals surface area contributed by atoms with E-state index in [1.807, 2.05) is 44.2 Å². The minimum Gasteiger partial charge on any atom is -0.497 e. The number of methoxy groups -OCH3 is 1. The van der Waals surface area contributed by atoms with Crippen molar-refractivity contribution in [2.24, 2.45) is 17.8 Å². The molecule has 0 aliphatic carbocycles. The molecular weight excluding hydrogens is 560 g/mol. The Hall–Kier alpha value is -2.64. The predicted molar refractivity (Wildman–Crippen MR) is 145 cm³/mol. The molecule has 0 aromatic heterocycles. The number of aliphatic hydroxyl groups is 1. The number of hydrogen-bond acceptors (Lipinski definition) is 8. The topological polar surface area (TPSA) is 112 Å². The Morgan fingerprint density at radius 2 is 1.78 bits per heavy atom. The maximum absolute atomic E-state index is 14.3. The molecule has 2 aromatic carbocycles. The second-order valence-corrected chi connectivity index (χ2v) is 12.9. The molecule has 0 amide bonds. The van der Waals surface area contributed by atoms with Crippen molar-refractivity contribution in [3.8, 4) is 5.75 Å². The van der Waals surface area contributed by atoms with Crippen LogP contribution in [0.2, 0.25) is 0 Å². The summed E-state index contributed by atoms with van der Waals surface area (Å²) >= 11 is 0. The van der Waals surface area contributed by atoms with Crippen molar-refractivity contribution in [1.82, 2.24) is 4.31 Å². The molecule has 2 saturated heterocycles. The highest BCUT2D eigenvalue weighted by Crippen LogP contribution is 2.43. The fraction of sp³-hybridized carbons (Fsp3) is 0.552. The summed E-state index contributed by atoms with van der Waals surface area (Å²) in [6.07, 6.45) is -3.66. The van der Waals surface area contributed by atoms with Crippen molar-refractivity contribution < 1.29 is 46.0 Å². The van der Waals surface area contributed by atoms with Crippen molar-refractivity contribution in [3.63, 3.8) is 0 Å². The second kappa shape index (κ2) is 13.1. The van der Waals surface area contributed by atoms with E-state index < -0.39 is 58.9 Å². The first-order chi connectivity index (χ1) is 19.4. The van der Waals surface area contributed by atoms with E-state index in [4.69, 9.17) is 18.9 Å². The summed E-state index contributed by atoms with van der Waals surface area (Å²) in [6, 6.07) is 15.1. The molecule has 0 radical (unpaired) electrons. The summed E-state index contributed by atoms with van der Waals surface area (Å²) in [4.78, 5) is 13.1. The number of benzene rings is 2. The van der Waals surface area contributed by atoms with Crippen LogP contribution in [0.3, 0.4) is 0 Å². The molecule has 2 aliphatic rings. The summed E-state index contributed by atoms with van der Waals surface area (Å²) in [5.41, 5.74) is 0.817. The average Bonchev–Trinajstić information content (AvgIpc) is 3.48. The van der Waals surface area contributed by atoms with E-state index in [1.54, 1.807) is 12.1 Å². The molecular formula is C29H37F2NO8S. The summed E-state index contributed by atoms with van der Waals surface area (Å²) in [5.74, 6) is -5.69. The van der Waals surface area contributed by atoms with Crippen LogP contribution in [-0.2, 0) is 35.4 Å². The van der Waals surface area contributed by atoms with Gasteiger partial charge in [0.2, 0.25) is 10.0 Å². The Labute approximate surface area is 239 Å². The van der Waals surface area contributed by atoms with Crippen LogP contribution in [0.15, 0.2) is 59.5 Å². The SMILES string of the molecule is COc1ccc(S(=O)(=O)N(CC(C)C)C[C@@H](O)[C@@H](CC(=O)OC2CO[C@H]3OCC(F)(F)[C@@H]23)Cc2ccccc2)cc1. The molecule has 4 rings (SSSR count). The van der Waals surface area contributed by atoms with Crippen molar-refractivity contribution in [1.29, 1.82) is 0 Å². The molecule has 2 aliphatic heterocycles. The molecule has 0 spiro atoms. The van der Waals surface area contributed by atoms with Crippen LogP contribution >= 0.6 is 0 Å². The highest BCUT2D eigenvalue weighted by atomic mass is 32.2. The van der Waals surface area contributed by atoms with E-state index in [0.717, 1.165) is 5.56 Å². The van der Waals surface area contributed by atoms with Gasteiger partial charge in [0.25, 0.3) is 5.92 Å². The minimum absolute atomic E-state index is 0.0423. The number of aliphatic hydroxyl groups excluding tert-OH is 1. The van der Waals surface area contributed by atoms with Gasteiger partial charge in [0.05, 0.1) is 31.1 Å². The van der Waals surface area contributed by atoms with Crippen LogP contribution in [0.4, 0.5) is 8.78 Å². The van der Waals surface area contributed by atoms with Gasteiger partial charge in [-0.1, -0.05) is 44.2 Å². The van der Waals surface area contributed by atoms with Crippen LogP contribution in [0, 0.1) is 17.8 Å². The van der Waals surface area contributed by atoms with E-state index in [-0.39, 0.29) is 43.4 Å². The lowest BCUT2D eigenvalue weighted by atomic mass is 9.90. The van der Waals surface area contributed by atoms with Crippen LogP contribution in [0.5, 0.6) is 5.75 Å². The zero-order valence-corrected chi connectivity index (χ0v) is 24.1. The summed E-state index contributed by atoms with van der Waals surface area (Å²) in [7, 11) is -2.52. The highest BCUT2D eigenvalue weighted by molar-refractivity contribution is 7.89. The van der Waals surface area contributed by atoms with Crippen molar-refractivity contribution in [2.75, 3.05) is 33.4 Å². The fourth-order valence-corrected chi connectivity index (χ4v) is 6.84. The normalized spacial score (nSPS) is 23.4. The number of halogens is 2. The van der Waals surface area contributed by atoms with E-state index in [1.165, 1.54) is 23.5 Å². The van der Waals surface area contributed by atoms with Crippen molar-refractivity contribution >= 4 is 16.0 Å². The van der Waals surface area contributed by atoms with Crippen LogP contribution in [0.1, 0.15) is 25.8 Å². The first-order valence-electron chi connectivity index (χ1n) is 13.6. The van der Waals surface area contributed by atoms with Gasteiger partial charge in [-0.15, -0.1) is 0 Å². The van der Waals surface area contributed by atoms with Crippen LogP contribution in [0.25, 0.3) is 0 Å². The number of ether oxygens (including phenoxy) is 4. The number of carbonyl (C=O) groups is 1. The lowest BCUT2D eigenvalue weighted by molar-refractivity contribution is -0.158. The third-order valence-electron chi connectivity index (χ3n) is 7.30. The largest absolute Gasteiger partial charge is 0.497 e. The van der Waals surface area contributed by atoms with Gasteiger partial charge in [0.15, 0.2) is 6.29 Å². The van der Waals surface area contributed by atoms with Gasteiger partial charge in [0, 0.05) is 19.0 Å². The van der Waals surface area contributed by atoms with Gasteiger partial charge in [-0.2, -0.15) is 4.31 Å². The molecule has 0 saturated carbocycles. The number of nitrogens with zero attached hydrogens (tertiary/aromatic N) is 1. The zero-order valence-electron chi connectivity index (χ0n) is 23.3. The Bertz CT molecular complexity index is 1260. The molecule has 0 bridgehead atoms. The van der Waals surface area contributed by atoms with E-state index in [9.17, 15) is 27.1 Å². The molecule has 1 unspecified atom stereocenters. The maximum atomic E-state index is 14.3. The molecule has 2 fully saturated rings. The van der Waals surface area contributed by atoms with E-state index in [0.29, 0.717) is 5.75 Å². The summed E-state index contributed by atoms with van der Waals surface area (Å²) < 4.78 is 77.8. The first kappa shape index (κ1) is 31.3. The third kappa shape index (κ3) is 7.61. The highest BCUT2D eigenvalue weighted by Gasteiger charge is 2.60. The van der Waals surface area contributed by atoms with Crippen LogP contribution in [-0.4, -0.2) is 81.6 Å². The monoisotopic (exact) mass is 597 g/mol. The first-order valence-corrected chi connectivity index (χ1v) is 15.0. The number of alkyl halides is 2. The number of carbonyl (C=O) groups excluding carboxylic acids is 1. The Kier molecular flexibility index (Phi) is 10.0. The van der Waals surface area contributed by atoms with E-state index >= 15 is 0 Å². The fourth-order valence-electron chi connectivity index (χ4n) is 5.22. The van der Waals surface area contributed by atoms with Gasteiger partial charge in [-0.05, 0) is 42.2 Å². The Morgan fingerprint density at radius 3 is 2.41 bits per heavy atom. The number of sulfonamides is 1. The number of fused-ring (bicyclic) bond motifs is 1. The second-order valence-electron chi connectivity index (χ2n) is 10.9. The molecule has 226 valence electrons. The lowest BCUT2D eigenvalue weighted by Crippen LogP contribution is -2.43. The Balaban J connectivity index is 1.52.